The molecule has 0 spiro atoms. The van der Waals surface area contributed by atoms with Crippen molar-refractivity contribution in [2.75, 3.05) is 27.4 Å². The Balaban J connectivity index is 2.84. The van der Waals surface area contributed by atoms with Gasteiger partial charge in [-0.2, -0.15) is 0 Å². The molecule has 7 heteroatoms. The maximum absolute atomic E-state index is 11.7. The van der Waals surface area contributed by atoms with E-state index in [0.717, 1.165) is 18.4 Å². The highest BCUT2D eigenvalue weighted by molar-refractivity contribution is 5.76. The molecule has 1 aromatic carbocycles. The first kappa shape index (κ1) is 28.2. The number of amides is 1. The van der Waals surface area contributed by atoms with Crippen LogP contribution >= 0.6 is 0 Å². The Morgan fingerprint density at radius 3 is 2.25 bits per heavy atom. The number of benzene rings is 1. The maximum atomic E-state index is 11.7. The molecule has 4 atom stereocenters. The van der Waals surface area contributed by atoms with E-state index in [1.807, 2.05) is 32.0 Å². The van der Waals surface area contributed by atoms with E-state index in [-0.39, 0.29) is 23.7 Å². The fraction of sp³-hybridized carbons (Fsp3) is 0.720. The highest BCUT2D eigenvalue weighted by Gasteiger charge is 2.28. The second-order valence-corrected chi connectivity index (χ2v) is 9.34. The highest BCUT2D eigenvalue weighted by atomic mass is 16.5. The normalized spacial score (nSPS) is 15.4. The second-order valence-electron chi connectivity index (χ2n) is 9.34. The number of nitrogens with two attached hydrogens (primary N) is 2. The number of hydrogen-bond donors (Lipinski definition) is 3. The highest BCUT2D eigenvalue weighted by Crippen LogP contribution is 2.31. The molecule has 0 saturated heterocycles. The molecule has 7 nitrogen and oxygen atoms in total. The van der Waals surface area contributed by atoms with Gasteiger partial charge in [-0.25, -0.2) is 0 Å². The monoisotopic (exact) mass is 452 g/mol. The van der Waals surface area contributed by atoms with Gasteiger partial charge in [-0.15, -0.1) is 0 Å². The summed E-state index contributed by atoms with van der Waals surface area (Å²) in [7, 11) is 3.30. The lowest BCUT2D eigenvalue weighted by molar-refractivity contribution is -0.124. The van der Waals surface area contributed by atoms with Gasteiger partial charge in [0.1, 0.15) is 0 Å². The van der Waals surface area contributed by atoms with Crippen molar-refractivity contribution in [1.29, 1.82) is 0 Å². The minimum absolute atomic E-state index is 0.0665. The van der Waals surface area contributed by atoms with Crippen LogP contribution in [0.15, 0.2) is 18.2 Å². The van der Waals surface area contributed by atoms with Crippen LogP contribution in [0.1, 0.15) is 52.5 Å². The lowest BCUT2D eigenvalue weighted by Crippen LogP contribution is -2.41. The zero-order chi connectivity index (χ0) is 24.3. The molecule has 0 heterocycles. The number of aliphatic hydroxyl groups excluding tert-OH is 1. The molecule has 184 valence electrons. The molecule has 0 fully saturated rings. The van der Waals surface area contributed by atoms with Crippen LogP contribution in [0.2, 0.25) is 0 Å². The summed E-state index contributed by atoms with van der Waals surface area (Å²) >= 11 is 0. The molecular weight excluding hydrogens is 408 g/mol. The number of primary amides is 1. The fourth-order valence-electron chi connectivity index (χ4n) is 3.90. The molecule has 0 aliphatic rings. The van der Waals surface area contributed by atoms with E-state index >= 15 is 0 Å². The molecule has 0 saturated carbocycles. The molecule has 1 amide bonds. The summed E-state index contributed by atoms with van der Waals surface area (Å²) in [4.78, 5) is 11.7. The van der Waals surface area contributed by atoms with E-state index in [1.165, 1.54) is 0 Å². The van der Waals surface area contributed by atoms with Gasteiger partial charge in [0.05, 0.1) is 19.8 Å². The number of hydrogen-bond acceptors (Lipinski definition) is 6. The van der Waals surface area contributed by atoms with E-state index in [0.29, 0.717) is 43.5 Å². The van der Waals surface area contributed by atoms with Crippen molar-refractivity contribution in [3.05, 3.63) is 23.8 Å². The molecule has 0 aromatic heterocycles. The average Bonchev–Trinajstić information content (AvgIpc) is 2.73. The van der Waals surface area contributed by atoms with Gasteiger partial charge in [0, 0.05) is 32.1 Å². The molecule has 5 N–H and O–H groups in total. The van der Waals surface area contributed by atoms with E-state index in [4.69, 9.17) is 25.7 Å². The van der Waals surface area contributed by atoms with Gasteiger partial charge < -0.3 is 30.8 Å². The summed E-state index contributed by atoms with van der Waals surface area (Å²) in [5, 5.41) is 10.7. The number of methoxy groups -OCH3 is 2. The van der Waals surface area contributed by atoms with Crippen LogP contribution in [0.4, 0.5) is 0 Å². The maximum Gasteiger partial charge on any atom is 0.220 e. The van der Waals surface area contributed by atoms with Gasteiger partial charge in [0.15, 0.2) is 11.5 Å². The van der Waals surface area contributed by atoms with Crippen LogP contribution in [0, 0.1) is 23.7 Å². The first-order chi connectivity index (χ1) is 15.1. The third-order valence-corrected chi connectivity index (χ3v) is 6.15. The Hall–Kier alpha value is -1.83. The number of carbonyl (C=O) groups excluding carboxylic acids is 1. The quantitative estimate of drug-likeness (QED) is 0.332. The Bertz CT molecular complexity index is 680. The first-order valence-electron chi connectivity index (χ1n) is 11.6. The van der Waals surface area contributed by atoms with E-state index < -0.39 is 12.1 Å². The largest absolute Gasteiger partial charge is 0.493 e. The van der Waals surface area contributed by atoms with Crippen molar-refractivity contribution in [2.24, 2.45) is 35.1 Å². The summed E-state index contributed by atoms with van der Waals surface area (Å²) in [6.45, 7) is 9.39. The topological polar surface area (TPSA) is 117 Å². The lowest BCUT2D eigenvalue weighted by atomic mass is 9.81. The molecule has 0 unspecified atom stereocenters. The van der Waals surface area contributed by atoms with Gasteiger partial charge in [-0.1, -0.05) is 33.8 Å². The lowest BCUT2D eigenvalue weighted by Gasteiger charge is -2.29. The summed E-state index contributed by atoms with van der Waals surface area (Å²) in [6, 6.07) is 5.56. The zero-order valence-corrected chi connectivity index (χ0v) is 20.7. The molecular formula is C25H44N2O5. The van der Waals surface area contributed by atoms with Crippen LogP contribution in [0.25, 0.3) is 0 Å². The van der Waals surface area contributed by atoms with Crippen LogP contribution in [-0.4, -0.2) is 50.6 Å². The molecule has 0 aliphatic carbocycles. The van der Waals surface area contributed by atoms with Crippen LogP contribution in [-0.2, 0) is 16.0 Å². The third-order valence-electron chi connectivity index (χ3n) is 6.15. The summed E-state index contributed by atoms with van der Waals surface area (Å²) in [6.07, 6.45) is 1.78. The number of carbonyl (C=O) groups is 1. The number of rotatable bonds is 16. The Morgan fingerprint density at radius 2 is 1.72 bits per heavy atom. The van der Waals surface area contributed by atoms with Gasteiger partial charge in [-0.05, 0) is 54.7 Å². The van der Waals surface area contributed by atoms with Gasteiger partial charge >= 0.3 is 0 Å². The average molecular weight is 453 g/mol. The predicted octanol–water partition coefficient (Wildman–Crippen LogP) is 3.15. The SMILES string of the molecule is COCCCOc1cc(C[C@@H](C[C@H](N)[C@@H](O)C[C@H](C(N)=O)C(C)C)C(C)C)ccc1OC. The fourth-order valence-corrected chi connectivity index (χ4v) is 3.90. The number of aliphatic hydroxyl groups is 1. The standard InChI is InChI=1S/C25H44N2O5/c1-16(2)19(14-21(26)22(28)15-20(17(3)4)25(27)29)12-18-8-9-23(31-6)24(13-18)32-11-7-10-30-5/h8-9,13,16-17,19-22,28H,7,10-12,14-15,26H2,1-6H3,(H2,27,29)/t19-,20-,21-,22-/m0/s1. The molecule has 0 aliphatic heterocycles. The molecule has 0 radical (unpaired) electrons. The van der Waals surface area contributed by atoms with E-state index in [1.54, 1.807) is 14.2 Å². The second kappa shape index (κ2) is 14.3. The van der Waals surface area contributed by atoms with Crippen LogP contribution < -0.4 is 20.9 Å². The minimum Gasteiger partial charge on any atom is -0.493 e. The molecule has 32 heavy (non-hydrogen) atoms. The van der Waals surface area contributed by atoms with Gasteiger partial charge in [0.25, 0.3) is 0 Å². The van der Waals surface area contributed by atoms with Crippen molar-refractivity contribution in [3.8, 4) is 11.5 Å². The van der Waals surface area contributed by atoms with Crippen molar-refractivity contribution in [1.82, 2.24) is 0 Å². The van der Waals surface area contributed by atoms with Gasteiger partial charge in [-0.3, -0.25) is 4.79 Å². The van der Waals surface area contributed by atoms with E-state index in [9.17, 15) is 9.90 Å². The Kier molecular flexibility index (Phi) is 12.6. The van der Waals surface area contributed by atoms with Crippen LogP contribution in [0.3, 0.4) is 0 Å². The summed E-state index contributed by atoms with van der Waals surface area (Å²) in [5.74, 6) is 1.35. The summed E-state index contributed by atoms with van der Waals surface area (Å²) in [5.41, 5.74) is 13.0. The molecule has 1 aromatic rings. The molecule has 0 bridgehead atoms. The van der Waals surface area contributed by atoms with Crippen molar-refractivity contribution < 1.29 is 24.1 Å². The Labute approximate surface area is 193 Å². The first-order valence-corrected chi connectivity index (χ1v) is 11.6. The molecule has 1 rings (SSSR count). The van der Waals surface area contributed by atoms with Crippen molar-refractivity contribution >= 4 is 5.91 Å². The summed E-state index contributed by atoms with van der Waals surface area (Å²) < 4.78 is 16.4. The van der Waals surface area contributed by atoms with Crippen molar-refractivity contribution in [3.63, 3.8) is 0 Å². The number of ether oxygens (including phenoxy) is 3. The third kappa shape index (κ3) is 9.35. The van der Waals surface area contributed by atoms with Crippen molar-refractivity contribution in [2.45, 2.75) is 65.5 Å². The van der Waals surface area contributed by atoms with Gasteiger partial charge in [0.2, 0.25) is 5.91 Å². The predicted molar refractivity (Wildman–Crippen MR) is 128 cm³/mol. The minimum atomic E-state index is -0.772. The smallest absolute Gasteiger partial charge is 0.220 e. The Morgan fingerprint density at radius 1 is 1.03 bits per heavy atom. The van der Waals surface area contributed by atoms with Crippen LogP contribution in [0.5, 0.6) is 11.5 Å². The van der Waals surface area contributed by atoms with E-state index in [2.05, 4.69) is 13.8 Å². The zero-order valence-electron chi connectivity index (χ0n) is 20.7.